The van der Waals surface area contributed by atoms with Crippen LogP contribution in [0.4, 0.5) is 4.79 Å². The fourth-order valence-electron chi connectivity index (χ4n) is 1.08. The molecule has 0 aliphatic rings. The third-order valence-electron chi connectivity index (χ3n) is 1.65. The van der Waals surface area contributed by atoms with Crippen LogP contribution >= 0.6 is 0 Å². The third kappa shape index (κ3) is 1.61. The second kappa shape index (κ2) is 3.29. The van der Waals surface area contributed by atoms with Gasteiger partial charge in [-0.2, -0.15) is 4.98 Å². The average Bonchev–Trinajstić information content (AvgIpc) is 2.17. The molecule has 1 heterocycles. The topological polar surface area (TPSA) is 72.3 Å². The lowest BCUT2D eigenvalue weighted by molar-refractivity contribution is 0.140. The number of hydrogen-bond acceptors (Lipinski definition) is 4. The number of aromatic nitrogens is 2. The first-order chi connectivity index (χ1) is 6.75. The van der Waals surface area contributed by atoms with Crippen LogP contribution in [0.25, 0.3) is 10.9 Å². The number of carbonyl (C=O) groups is 1. The van der Waals surface area contributed by atoms with Crippen molar-refractivity contribution in [3.05, 3.63) is 30.5 Å². The molecule has 0 atom stereocenters. The van der Waals surface area contributed by atoms with Crippen molar-refractivity contribution in [3.63, 3.8) is 0 Å². The van der Waals surface area contributed by atoms with Crippen molar-refractivity contribution in [2.45, 2.75) is 0 Å². The van der Waals surface area contributed by atoms with Gasteiger partial charge in [-0.05, 0) is 6.07 Å². The summed E-state index contributed by atoms with van der Waals surface area (Å²) in [5, 5.41) is 9.17. The van der Waals surface area contributed by atoms with Crippen molar-refractivity contribution in [2.75, 3.05) is 0 Å². The molecule has 14 heavy (non-hydrogen) atoms. The molecule has 0 bridgehead atoms. The number of rotatable bonds is 1. The lowest BCUT2D eigenvalue weighted by atomic mass is 10.2. The second-order valence-electron chi connectivity index (χ2n) is 2.58. The molecule has 0 fully saturated rings. The Morgan fingerprint density at radius 2 is 2.14 bits per heavy atom. The Labute approximate surface area is 79.0 Å². The number of nitrogens with zero attached hydrogens (tertiary/aromatic N) is 2. The molecule has 2 rings (SSSR count). The standard InChI is InChI=1S/C9H6N2O3/c12-9(13)14-8-10-5-6-3-1-2-4-7(6)11-8/h1-5H,(H,12,13). The highest BCUT2D eigenvalue weighted by molar-refractivity contribution is 5.77. The van der Waals surface area contributed by atoms with E-state index in [0.717, 1.165) is 5.39 Å². The van der Waals surface area contributed by atoms with Crippen molar-refractivity contribution in [3.8, 4) is 6.01 Å². The zero-order valence-corrected chi connectivity index (χ0v) is 7.04. The van der Waals surface area contributed by atoms with Gasteiger partial charge in [-0.15, -0.1) is 0 Å². The predicted octanol–water partition coefficient (Wildman–Crippen LogP) is 1.69. The fourth-order valence-corrected chi connectivity index (χ4v) is 1.08. The second-order valence-corrected chi connectivity index (χ2v) is 2.58. The van der Waals surface area contributed by atoms with Crippen LogP contribution < -0.4 is 4.74 Å². The van der Waals surface area contributed by atoms with Gasteiger partial charge in [-0.25, -0.2) is 9.78 Å². The molecule has 5 heteroatoms. The van der Waals surface area contributed by atoms with Crippen LogP contribution in [0.2, 0.25) is 0 Å². The van der Waals surface area contributed by atoms with Crippen LogP contribution in [0, 0.1) is 0 Å². The molecule has 0 amide bonds. The molecular weight excluding hydrogens is 184 g/mol. The Balaban J connectivity index is 2.46. The Bertz CT molecular complexity index is 484. The van der Waals surface area contributed by atoms with Crippen LogP contribution in [-0.4, -0.2) is 21.2 Å². The van der Waals surface area contributed by atoms with Gasteiger partial charge in [0.25, 0.3) is 0 Å². The number of para-hydroxylation sites is 1. The first-order valence-corrected chi connectivity index (χ1v) is 3.88. The lowest BCUT2D eigenvalue weighted by Gasteiger charge is -1.98. The first-order valence-electron chi connectivity index (χ1n) is 3.88. The van der Waals surface area contributed by atoms with E-state index in [1.165, 1.54) is 6.20 Å². The molecule has 70 valence electrons. The minimum Gasteiger partial charge on any atom is -0.449 e. The maximum atomic E-state index is 10.2. The van der Waals surface area contributed by atoms with Gasteiger partial charge in [0.2, 0.25) is 0 Å². The number of carboxylic acid groups (broad SMARTS) is 1. The van der Waals surface area contributed by atoms with E-state index in [4.69, 9.17) is 5.11 Å². The molecule has 0 aliphatic carbocycles. The largest absolute Gasteiger partial charge is 0.513 e. The van der Waals surface area contributed by atoms with E-state index in [0.29, 0.717) is 5.52 Å². The van der Waals surface area contributed by atoms with Gasteiger partial charge in [0.05, 0.1) is 5.52 Å². The van der Waals surface area contributed by atoms with E-state index in [9.17, 15) is 4.79 Å². The third-order valence-corrected chi connectivity index (χ3v) is 1.65. The minimum absolute atomic E-state index is 0.156. The van der Waals surface area contributed by atoms with Gasteiger partial charge in [-0.1, -0.05) is 18.2 Å². The smallest absolute Gasteiger partial charge is 0.449 e. The summed E-state index contributed by atoms with van der Waals surface area (Å²) in [5.41, 5.74) is 0.652. The Morgan fingerprint density at radius 1 is 1.36 bits per heavy atom. The summed E-state index contributed by atoms with van der Waals surface area (Å²) in [6.45, 7) is 0. The molecule has 1 aromatic carbocycles. The van der Waals surface area contributed by atoms with E-state index in [1.54, 1.807) is 12.1 Å². The van der Waals surface area contributed by atoms with Crippen LogP contribution in [0.1, 0.15) is 0 Å². The van der Waals surface area contributed by atoms with Gasteiger partial charge < -0.3 is 9.84 Å². The van der Waals surface area contributed by atoms with E-state index in [2.05, 4.69) is 14.7 Å². The first kappa shape index (κ1) is 8.43. The van der Waals surface area contributed by atoms with Gasteiger partial charge in [0, 0.05) is 11.6 Å². The zero-order valence-electron chi connectivity index (χ0n) is 7.04. The van der Waals surface area contributed by atoms with E-state index in [1.807, 2.05) is 12.1 Å². The molecular formula is C9H6N2O3. The summed E-state index contributed by atoms with van der Waals surface area (Å²) in [7, 11) is 0. The molecule has 1 aromatic heterocycles. The summed E-state index contributed by atoms with van der Waals surface area (Å²) in [6.07, 6.45) is 0.0981. The number of ether oxygens (including phenoxy) is 1. The molecule has 2 aromatic rings. The molecule has 0 spiro atoms. The summed E-state index contributed by atoms with van der Waals surface area (Å²) in [6, 6.07) is 7.09. The van der Waals surface area contributed by atoms with Gasteiger partial charge in [0.1, 0.15) is 0 Å². The summed E-state index contributed by atoms with van der Waals surface area (Å²) in [5.74, 6) is 0. The maximum Gasteiger partial charge on any atom is 0.513 e. The summed E-state index contributed by atoms with van der Waals surface area (Å²) < 4.78 is 4.32. The van der Waals surface area contributed by atoms with E-state index >= 15 is 0 Å². The lowest BCUT2D eigenvalue weighted by Crippen LogP contribution is -2.05. The van der Waals surface area contributed by atoms with Crippen LogP contribution in [-0.2, 0) is 0 Å². The SMILES string of the molecule is O=C(O)Oc1ncc2ccccc2n1. The molecule has 5 nitrogen and oxygen atoms in total. The van der Waals surface area contributed by atoms with Crippen molar-refractivity contribution >= 4 is 17.1 Å². The molecule has 0 radical (unpaired) electrons. The molecule has 0 saturated heterocycles. The van der Waals surface area contributed by atoms with E-state index in [-0.39, 0.29) is 6.01 Å². The highest BCUT2D eigenvalue weighted by Crippen LogP contribution is 2.12. The summed E-state index contributed by atoms with van der Waals surface area (Å²) >= 11 is 0. The maximum absolute atomic E-state index is 10.2. The number of fused-ring (bicyclic) bond motifs is 1. The van der Waals surface area contributed by atoms with Crippen molar-refractivity contribution < 1.29 is 14.6 Å². The van der Waals surface area contributed by atoms with E-state index < -0.39 is 6.16 Å². The Kier molecular flexibility index (Phi) is 1.98. The van der Waals surface area contributed by atoms with Crippen molar-refractivity contribution in [1.82, 2.24) is 9.97 Å². The molecule has 0 saturated carbocycles. The zero-order chi connectivity index (χ0) is 9.97. The minimum atomic E-state index is -1.42. The van der Waals surface area contributed by atoms with Gasteiger partial charge in [-0.3, -0.25) is 0 Å². The Morgan fingerprint density at radius 3 is 2.93 bits per heavy atom. The highest BCUT2D eigenvalue weighted by Gasteiger charge is 2.04. The molecule has 0 aliphatic heterocycles. The van der Waals surface area contributed by atoms with Gasteiger partial charge >= 0.3 is 12.2 Å². The highest BCUT2D eigenvalue weighted by atomic mass is 16.7. The number of benzene rings is 1. The van der Waals surface area contributed by atoms with Crippen LogP contribution in [0.5, 0.6) is 6.01 Å². The number of hydrogen-bond donors (Lipinski definition) is 1. The molecule has 1 N–H and O–H groups in total. The molecule has 0 unspecified atom stereocenters. The Hall–Kier alpha value is -2.17. The fraction of sp³-hybridized carbons (Fsp3) is 0. The van der Waals surface area contributed by atoms with Crippen molar-refractivity contribution in [1.29, 1.82) is 0 Å². The van der Waals surface area contributed by atoms with Crippen LogP contribution in [0.15, 0.2) is 30.5 Å². The normalized spacial score (nSPS) is 10.0. The monoisotopic (exact) mass is 190 g/mol. The average molecular weight is 190 g/mol. The quantitative estimate of drug-likeness (QED) is 0.692. The predicted molar refractivity (Wildman–Crippen MR) is 48.2 cm³/mol. The van der Waals surface area contributed by atoms with Gasteiger partial charge in [0.15, 0.2) is 0 Å². The van der Waals surface area contributed by atoms with Crippen molar-refractivity contribution in [2.24, 2.45) is 0 Å². The van der Waals surface area contributed by atoms with Crippen LogP contribution in [0.3, 0.4) is 0 Å². The summed E-state index contributed by atoms with van der Waals surface area (Å²) in [4.78, 5) is 17.8.